The van der Waals surface area contributed by atoms with E-state index < -0.39 is 36.5 Å². The summed E-state index contributed by atoms with van der Waals surface area (Å²) in [5, 5.41) is 11.1. The highest BCUT2D eigenvalue weighted by Gasteiger charge is 2.16. The van der Waals surface area contributed by atoms with E-state index in [-0.39, 0.29) is 12.1 Å². The van der Waals surface area contributed by atoms with E-state index in [0.29, 0.717) is 0 Å². The third-order valence-corrected chi connectivity index (χ3v) is 2.02. The highest BCUT2D eigenvalue weighted by atomic mass is 19.3. The fourth-order valence-corrected chi connectivity index (χ4v) is 1.16. The molecule has 2 N–H and O–H groups in total. The second-order valence-electron chi connectivity index (χ2n) is 3.41. The van der Waals surface area contributed by atoms with E-state index in [1.807, 2.05) is 0 Å². The van der Waals surface area contributed by atoms with Gasteiger partial charge in [-0.25, -0.2) is 22.0 Å². The van der Waals surface area contributed by atoms with Crippen LogP contribution in [0.1, 0.15) is 5.56 Å². The molecule has 1 atom stereocenters. The van der Waals surface area contributed by atoms with Gasteiger partial charge in [0.25, 0.3) is 6.43 Å². The zero-order chi connectivity index (χ0) is 13.0. The van der Waals surface area contributed by atoms with E-state index in [0.717, 1.165) is 12.1 Å². The lowest BCUT2D eigenvalue weighted by Gasteiger charge is -2.10. The summed E-state index contributed by atoms with van der Waals surface area (Å²) in [6.07, 6.45) is -4.76. The Balaban J connectivity index is 2.53. The first-order chi connectivity index (χ1) is 7.91. The molecule has 0 bridgehead atoms. The molecule has 1 rings (SSSR count). The summed E-state index contributed by atoms with van der Waals surface area (Å²) in [5.41, 5.74) is 0.0582. The molecule has 96 valence electrons. The minimum absolute atomic E-state index is 0.0582. The highest BCUT2D eigenvalue weighted by molar-refractivity contribution is 5.19. The molecule has 7 heteroatoms. The van der Waals surface area contributed by atoms with Crippen molar-refractivity contribution in [3.63, 3.8) is 0 Å². The lowest BCUT2D eigenvalue weighted by atomic mass is 10.2. The molecule has 0 saturated carbocycles. The van der Waals surface area contributed by atoms with Crippen LogP contribution in [0, 0.1) is 17.5 Å². The van der Waals surface area contributed by atoms with Crippen molar-refractivity contribution in [2.24, 2.45) is 0 Å². The number of halogens is 5. The number of benzene rings is 1. The van der Waals surface area contributed by atoms with Crippen molar-refractivity contribution in [2.45, 2.75) is 19.1 Å². The van der Waals surface area contributed by atoms with E-state index in [2.05, 4.69) is 5.32 Å². The lowest BCUT2D eigenvalue weighted by Crippen LogP contribution is -2.31. The number of nitrogens with one attached hydrogen (secondary N) is 1. The summed E-state index contributed by atoms with van der Waals surface area (Å²) in [6, 6.07) is 1.50. The molecule has 0 saturated heterocycles. The van der Waals surface area contributed by atoms with E-state index in [1.54, 1.807) is 0 Å². The van der Waals surface area contributed by atoms with Crippen molar-refractivity contribution in [1.29, 1.82) is 0 Å². The van der Waals surface area contributed by atoms with Crippen molar-refractivity contribution in [1.82, 2.24) is 5.32 Å². The first kappa shape index (κ1) is 13.9. The maximum atomic E-state index is 12.7. The molecule has 17 heavy (non-hydrogen) atoms. The van der Waals surface area contributed by atoms with Crippen LogP contribution in [0.2, 0.25) is 0 Å². The van der Waals surface area contributed by atoms with E-state index >= 15 is 0 Å². The Morgan fingerprint density at radius 3 is 2.12 bits per heavy atom. The molecular weight excluding hydrogens is 245 g/mol. The summed E-state index contributed by atoms with van der Waals surface area (Å²) >= 11 is 0. The first-order valence-electron chi connectivity index (χ1n) is 4.72. The number of aliphatic hydroxyl groups is 1. The van der Waals surface area contributed by atoms with Crippen LogP contribution in [0.4, 0.5) is 22.0 Å². The third kappa shape index (κ3) is 3.94. The second-order valence-corrected chi connectivity index (χ2v) is 3.41. The highest BCUT2D eigenvalue weighted by Crippen LogP contribution is 2.13. The van der Waals surface area contributed by atoms with E-state index in [1.165, 1.54) is 0 Å². The van der Waals surface area contributed by atoms with Gasteiger partial charge in [0.1, 0.15) is 6.10 Å². The molecule has 0 aliphatic rings. The van der Waals surface area contributed by atoms with Crippen LogP contribution < -0.4 is 5.32 Å². The average Bonchev–Trinajstić information content (AvgIpc) is 2.25. The maximum Gasteiger partial charge on any atom is 0.265 e. The van der Waals surface area contributed by atoms with Gasteiger partial charge in [0.05, 0.1) is 0 Å². The zero-order valence-corrected chi connectivity index (χ0v) is 8.56. The number of alkyl halides is 2. The Bertz CT molecular complexity index is 362. The molecule has 0 heterocycles. The molecule has 0 aromatic heterocycles. The van der Waals surface area contributed by atoms with Crippen LogP contribution in [-0.2, 0) is 6.54 Å². The van der Waals surface area contributed by atoms with Crippen LogP contribution in [-0.4, -0.2) is 24.2 Å². The minimum Gasteiger partial charge on any atom is -0.386 e. The van der Waals surface area contributed by atoms with Crippen LogP contribution >= 0.6 is 0 Å². The van der Waals surface area contributed by atoms with Gasteiger partial charge in [-0.2, -0.15) is 0 Å². The molecule has 0 spiro atoms. The Hall–Kier alpha value is -1.21. The number of rotatable bonds is 5. The molecule has 0 aliphatic heterocycles. The molecule has 0 fully saturated rings. The SMILES string of the molecule is OC(CNCc1cc(F)c(F)c(F)c1)C(F)F. The van der Waals surface area contributed by atoms with Crippen molar-refractivity contribution in [3.05, 3.63) is 35.1 Å². The van der Waals surface area contributed by atoms with E-state index in [9.17, 15) is 22.0 Å². The normalized spacial score (nSPS) is 13.1. The van der Waals surface area contributed by atoms with Gasteiger partial charge in [-0.15, -0.1) is 0 Å². The Morgan fingerprint density at radius 1 is 1.12 bits per heavy atom. The largest absolute Gasteiger partial charge is 0.386 e. The number of aliphatic hydroxyl groups excluding tert-OH is 1. The van der Waals surface area contributed by atoms with Gasteiger partial charge in [0.2, 0.25) is 0 Å². The predicted octanol–water partition coefficient (Wildman–Crippen LogP) is 1.82. The molecule has 1 unspecified atom stereocenters. The maximum absolute atomic E-state index is 12.7. The van der Waals surface area contributed by atoms with Crippen LogP contribution in [0.3, 0.4) is 0 Å². The van der Waals surface area contributed by atoms with Crippen LogP contribution in [0.25, 0.3) is 0 Å². The van der Waals surface area contributed by atoms with Crippen molar-refractivity contribution >= 4 is 0 Å². The first-order valence-corrected chi connectivity index (χ1v) is 4.72. The van der Waals surface area contributed by atoms with Crippen molar-refractivity contribution < 1.29 is 27.1 Å². The lowest BCUT2D eigenvalue weighted by molar-refractivity contribution is -0.00341. The quantitative estimate of drug-likeness (QED) is 0.621. The molecule has 1 aromatic rings. The minimum atomic E-state index is -2.90. The van der Waals surface area contributed by atoms with Gasteiger partial charge in [-0.1, -0.05) is 0 Å². The second kappa shape index (κ2) is 5.92. The topological polar surface area (TPSA) is 32.3 Å². The number of hydrogen-bond acceptors (Lipinski definition) is 2. The van der Waals surface area contributed by atoms with Crippen LogP contribution in [0.5, 0.6) is 0 Å². The smallest absolute Gasteiger partial charge is 0.265 e. The van der Waals surface area contributed by atoms with Crippen LogP contribution in [0.15, 0.2) is 12.1 Å². The Kier molecular flexibility index (Phi) is 4.83. The molecule has 0 radical (unpaired) electrons. The summed E-state index contributed by atoms with van der Waals surface area (Å²) in [7, 11) is 0. The van der Waals surface area contributed by atoms with Crippen molar-refractivity contribution in [2.75, 3.05) is 6.54 Å². The molecule has 1 aromatic carbocycles. The Labute approximate surface area is 94.1 Å². The van der Waals surface area contributed by atoms with E-state index in [4.69, 9.17) is 5.11 Å². The molecule has 0 aliphatic carbocycles. The summed E-state index contributed by atoms with van der Waals surface area (Å²) in [5.74, 6) is -4.28. The monoisotopic (exact) mass is 255 g/mol. The predicted molar refractivity (Wildman–Crippen MR) is 50.0 cm³/mol. The van der Waals surface area contributed by atoms with Crippen molar-refractivity contribution in [3.8, 4) is 0 Å². The molecule has 0 amide bonds. The van der Waals surface area contributed by atoms with Gasteiger partial charge in [0.15, 0.2) is 17.5 Å². The average molecular weight is 255 g/mol. The summed E-state index contributed by atoms with van der Waals surface area (Å²) < 4.78 is 61.8. The number of hydrogen-bond donors (Lipinski definition) is 2. The summed E-state index contributed by atoms with van der Waals surface area (Å²) in [4.78, 5) is 0. The standard InChI is InChI=1S/C10H10F5NO/c11-6-1-5(2-7(12)9(6)13)3-16-4-8(17)10(14)15/h1-2,8,10,16-17H,3-4H2. The van der Waals surface area contributed by atoms with Gasteiger partial charge in [-0.05, 0) is 17.7 Å². The Morgan fingerprint density at radius 2 is 1.65 bits per heavy atom. The fourth-order valence-electron chi connectivity index (χ4n) is 1.16. The van der Waals surface area contributed by atoms with Gasteiger partial charge < -0.3 is 10.4 Å². The summed E-state index contributed by atoms with van der Waals surface area (Å²) in [6.45, 7) is -0.587. The third-order valence-electron chi connectivity index (χ3n) is 2.02. The van der Waals surface area contributed by atoms with Gasteiger partial charge in [0, 0.05) is 13.1 Å². The van der Waals surface area contributed by atoms with Gasteiger partial charge in [-0.3, -0.25) is 0 Å². The molecular formula is C10H10F5NO. The zero-order valence-electron chi connectivity index (χ0n) is 8.56. The van der Waals surface area contributed by atoms with Gasteiger partial charge >= 0.3 is 0 Å². The molecule has 2 nitrogen and oxygen atoms in total. The fraction of sp³-hybridized carbons (Fsp3) is 0.400.